The molecule has 0 spiro atoms. The number of nitrogens with zero attached hydrogens (tertiary/aromatic N) is 2. The number of carbonyl (C=O) groups excluding carboxylic acids is 1. The Labute approximate surface area is 182 Å². The fraction of sp³-hybridized carbons (Fsp3) is 0.333. The molecule has 0 aliphatic heterocycles. The van der Waals surface area contributed by atoms with Crippen LogP contribution in [0.5, 0.6) is 0 Å². The number of benzene rings is 2. The summed E-state index contributed by atoms with van der Waals surface area (Å²) in [4.78, 5) is 20.3. The Bertz CT molecular complexity index is 1020. The van der Waals surface area contributed by atoms with Crippen LogP contribution in [0.4, 0.5) is 0 Å². The van der Waals surface area contributed by atoms with Crippen LogP contribution in [0.15, 0.2) is 48.5 Å². The van der Waals surface area contributed by atoms with Crippen LogP contribution in [-0.2, 0) is 0 Å². The standard InChI is InChI=1S/C24H26Cl2N2O/c1-15(2)13-28(14-16(3)4)24(29)19-12-23(17-9-10-20(25)21(26)11-17)27-22-8-6-5-7-18(19)22/h5-12,15-16H,13-14H2,1-4H3. The van der Waals surface area contributed by atoms with E-state index >= 15 is 0 Å². The van der Waals surface area contributed by atoms with Gasteiger partial charge in [0.05, 0.1) is 26.8 Å². The van der Waals surface area contributed by atoms with Crippen molar-refractivity contribution in [3.63, 3.8) is 0 Å². The molecule has 1 amide bonds. The first-order chi connectivity index (χ1) is 13.8. The maximum atomic E-state index is 13.6. The molecule has 0 atom stereocenters. The summed E-state index contributed by atoms with van der Waals surface area (Å²) in [7, 11) is 0. The lowest BCUT2D eigenvalue weighted by Crippen LogP contribution is -2.37. The minimum absolute atomic E-state index is 0.0345. The smallest absolute Gasteiger partial charge is 0.254 e. The van der Waals surface area contributed by atoms with E-state index in [1.807, 2.05) is 41.3 Å². The highest BCUT2D eigenvalue weighted by Gasteiger charge is 2.21. The summed E-state index contributed by atoms with van der Waals surface area (Å²) in [5.41, 5.74) is 2.99. The highest BCUT2D eigenvalue weighted by atomic mass is 35.5. The number of amides is 1. The highest BCUT2D eigenvalue weighted by Crippen LogP contribution is 2.30. The lowest BCUT2D eigenvalue weighted by molar-refractivity contribution is 0.0717. The van der Waals surface area contributed by atoms with Crippen molar-refractivity contribution in [3.05, 3.63) is 64.1 Å². The fourth-order valence-electron chi connectivity index (χ4n) is 3.45. The largest absolute Gasteiger partial charge is 0.338 e. The predicted octanol–water partition coefficient (Wildman–Crippen LogP) is 6.96. The van der Waals surface area contributed by atoms with Crippen LogP contribution in [0.3, 0.4) is 0 Å². The number of rotatable bonds is 6. The summed E-state index contributed by atoms with van der Waals surface area (Å²) < 4.78 is 0. The molecule has 0 aliphatic rings. The molecular weight excluding hydrogens is 403 g/mol. The van der Waals surface area contributed by atoms with Gasteiger partial charge >= 0.3 is 0 Å². The van der Waals surface area contributed by atoms with Crippen molar-refractivity contribution in [3.8, 4) is 11.3 Å². The molecule has 1 heterocycles. The van der Waals surface area contributed by atoms with Gasteiger partial charge in [0.15, 0.2) is 0 Å². The van der Waals surface area contributed by atoms with Crippen molar-refractivity contribution in [1.29, 1.82) is 0 Å². The van der Waals surface area contributed by atoms with Crippen LogP contribution < -0.4 is 0 Å². The Morgan fingerprint density at radius 3 is 2.21 bits per heavy atom. The summed E-state index contributed by atoms with van der Waals surface area (Å²) in [6, 6.07) is 15.0. The SMILES string of the molecule is CC(C)CN(CC(C)C)C(=O)c1cc(-c2ccc(Cl)c(Cl)c2)nc2ccccc12. The van der Waals surface area contributed by atoms with Crippen molar-refractivity contribution in [1.82, 2.24) is 9.88 Å². The summed E-state index contributed by atoms with van der Waals surface area (Å²) in [5.74, 6) is 0.813. The van der Waals surface area contributed by atoms with Crippen molar-refractivity contribution < 1.29 is 4.79 Å². The minimum Gasteiger partial charge on any atom is -0.338 e. The number of hydrogen-bond donors (Lipinski definition) is 0. The number of fused-ring (bicyclic) bond motifs is 1. The Kier molecular flexibility index (Phi) is 6.81. The Balaban J connectivity index is 2.14. The zero-order valence-corrected chi connectivity index (χ0v) is 18.8. The molecule has 3 aromatic rings. The van der Waals surface area contributed by atoms with Gasteiger partial charge in [-0.3, -0.25) is 4.79 Å². The molecule has 0 radical (unpaired) electrons. The molecule has 5 heteroatoms. The van der Waals surface area contributed by atoms with E-state index in [9.17, 15) is 4.79 Å². The van der Waals surface area contributed by atoms with Gasteiger partial charge in [-0.2, -0.15) is 0 Å². The molecule has 0 saturated heterocycles. The van der Waals surface area contributed by atoms with Crippen molar-refractivity contribution in [2.24, 2.45) is 11.8 Å². The first-order valence-corrected chi connectivity index (χ1v) is 10.7. The first-order valence-electron chi connectivity index (χ1n) is 9.90. The fourth-order valence-corrected chi connectivity index (χ4v) is 3.75. The van der Waals surface area contributed by atoms with Crippen molar-refractivity contribution >= 4 is 40.0 Å². The number of carbonyl (C=O) groups is 1. The maximum absolute atomic E-state index is 13.6. The van der Waals surface area contributed by atoms with Gasteiger partial charge in [0.1, 0.15) is 0 Å². The maximum Gasteiger partial charge on any atom is 0.254 e. The van der Waals surface area contributed by atoms with Gasteiger partial charge in [0.2, 0.25) is 0 Å². The summed E-state index contributed by atoms with van der Waals surface area (Å²) >= 11 is 12.3. The molecule has 0 fully saturated rings. The summed E-state index contributed by atoms with van der Waals surface area (Å²) in [6.45, 7) is 9.96. The third kappa shape index (κ3) is 5.09. The number of pyridine rings is 1. The van der Waals surface area contributed by atoms with Crippen LogP contribution in [0.25, 0.3) is 22.2 Å². The molecule has 0 bridgehead atoms. The lowest BCUT2D eigenvalue weighted by atomic mass is 10.0. The first kappa shape index (κ1) is 21.6. The topological polar surface area (TPSA) is 33.2 Å². The zero-order chi connectivity index (χ0) is 21.1. The van der Waals surface area contributed by atoms with Gasteiger partial charge < -0.3 is 4.90 Å². The Morgan fingerprint density at radius 1 is 0.931 bits per heavy atom. The number of hydrogen-bond acceptors (Lipinski definition) is 2. The molecule has 1 aromatic heterocycles. The van der Waals surface area contributed by atoms with Crippen LogP contribution in [0.1, 0.15) is 38.1 Å². The van der Waals surface area contributed by atoms with Gasteiger partial charge in [-0.1, -0.05) is 75.2 Å². The van der Waals surface area contributed by atoms with Gasteiger partial charge in [-0.25, -0.2) is 4.98 Å². The van der Waals surface area contributed by atoms with E-state index in [2.05, 4.69) is 27.7 Å². The molecule has 152 valence electrons. The van der Waals surface area contributed by atoms with Gasteiger partial charge in [0.25, 0.3) is 5.91 Å². The van der Waals surface area contributed by atoms with E-state index < -0.39 is 0 Å². The van der Waals surface area contributed by atoms with Gasteiger partial charge in [-0.15, -0.1) is 0 Å². The van der Waals surface area contributed by atoms with E-state index in [1.54, 1.807) is 12.1 Å². The number of aromatic nitrogens is 1. The van der Waals surface area contributed by atoms with Crippen LogP contribution in [0.2, 0.25) is 10.0 Å². The highest BCUT2D eigenvalue weighted by molar-refractivity contribution is 6.42. The third-order valence-corrected chi connectivity index (χ3v) is 5.36. The predicted molar refractivity (Wildman–Crippen MR) is 123 cm³/mol. The summed E-state index contributed by atoms with van der Waals surface area (Å²) in [6.07, 6.45) is 0. The van der Waals surface area contributed by atoms with Gasteiger partial charge in [0, 0.05) is 24.0 Å². The Hall–Kier alpha value is -2.10. The molecular formula is C24H26Cl2N2O. The molecule has 3 rings (SSSR count). The van der Waals surface area contributed by atoms with Crippen molar-refractivity contribution in [2.45, 2.75) is 27.7 Å². The third-order valence-electron chi connectivity index (χ3n) is 4.62. The number of para-hydroxylation sites is 1. The quantitative estimate of drug-likeness (QED) is 0.424. The molecule has 0 saturated carbocycles. The Morgan fingerprint density at radius 2 is 1.59 bits per heavy atom. The van der Waals surface area contributed by atoms with Crippen LogP contribution >= 0.6 is 23.2 Å². The van der Waals surface area contributed by atoms with E-state index in [1.165, 1.54) is 0 Å². The molecule has 0 N–H and O–H groups in total. The minimum atomic E-state index is 0.0345. The molecule has 2 aromatic carbocycles. The normalized spacial score (nSPS) is 11.4. The number of halogens is 2. The lowest BCUT2D eigenvalue weighted by Gasteiger charge is -2.27. The van der Waals surface area contributed by atoms with E-state index in [-0.39, 0.29) is 5.91 Å². The van der Waals surface area contributed by atoms with E-state index in [0.29, 0.717) is 33.1 Å². The molecule has 3 nitrogen and oxygen atoms in total. The van der Waals surface area contributed by atoms with E-state index in [0.717, 1.165) is 29.6 Å². The van der Waals surface area contributed by atoms with Crippen LogP contribution in [0, 0.1) is 11.8 Å². The van der Waals surface area contributed by atoms with Gasteiger partial charge in [-0.05, 0) is 36.1 Å². The average molecular weight is 429 g/mol. The molecule has 0 aliphatic carbocycles. The zero-order valence-electron chi connectivity index (χ0n) is 17.2. The monoisotopic (exact) mass is 428 g/mol. The van der Waals surface area contributed by atoms with Crippen molar-refractivity contribution in [2.75, 3.05) is 13.1 Å². The second kappa shape index (κ2) is 9.15. The second-order valence-electron chi connectivity index (χ2n) is 8.20. The molecule has 0 unspecified atom stereocenters. The van der Waals surface area contributed by atoms with Crippen LogP contribution in [-0.4, -0.2) is 28.9 Å². The molecule has 29 heavy (non-hydrogen) atoms. The average Bonchev–Trinajstić information content (AvgIpc) is 2.67. The summed E-state index contributed by atoms with van der Waals surface area (Å²) in [5, 5.41) is 1.82. The second-order valence-corrected chi connectivity index (χ2v) is 9.01. The van der Waals surface area contributed by atoms with E-state index in [4.69, 9.17) is 28.2 Å².